The molecule has 0 spiro atoms. The number of carbonyl (C=O) groups excluding carboxylic acids is 1. The highest BCUT2D eigenvalue weighted by Gasteiger charge is 2.12. The second-order valence-electron chi connectivity index (χ2n) is 6.99. The first-order valence-corrected chi connectivity index (χ1v) is 10.8. The largest absolute Gasteiger partial charge is 0.489 e. The van der Waals surface area contributed by atoms with E-state index in [-0.39, 0.29) is 18.3 Å². The number of rotatable bonds is 7. The first-order chi connectivity index (χ1) is 15.0. The Balaban J connectivity index is 1.34. The van der Waals surface area contributed by atoms with Gasteiger partial charge in [0.1, 0.15) is 18.2 Å². The first kappa shape index (κ1) is 21.1. The highest BCUT2D eigenvalue weighted by atomic mass is 35.5. The molecule has 0 fully saturated rings. The van der Waals surface area contributed by atoms with Gasteiger partial charge in [0.15, 0.2) is 0 Å². The van der Waals surface area contributed by atoms with Crippen LogP contribution < -0.4 is 10.1 Å². The number of hydrogen-bond donors (Lipinski definition) is 1. The Bertz CT molecular complexity index is 1220. The molecule has 2 aromatic heterocycles. The normalized spacial score (nSPS) is 10.8. The molecule has 0 aliphatic rings. The first-order valence-electron chi connectivity index (χ1n) is 9.51. The highest BCUT2D eigenvalue weighted by Crippen LogP contribution is 2.23. The lowest BCUT2D eigenvalue weighted by Crippen LogP contribution is -2.09. The van der Waals surface area contributed by atoms with E-state index in [4.69, 9.17) is 16.3 Å². The van der Waals surface area contributed by atoms with Gasteiger partial charge in [-0.1, -0.05) is 29.8 Å². The number of hydrogen-bond acceptors (Lipinski definition) is 4. The van der Waals surface area contributed by atoms with Crippen molar-refractivity contribution in [2.75, 3.05) is 5.32 Å². The molecule has 0 aliphatic heterocycles. The molecular formula is C23H19ClFN3O2S. The summed E-state index contributed by atoms with van der Waals surface area (Å²) in [4.78, 5) is 13.1. The van der Waals surface area contributed by atoms with Crippen molar-refractivity contribution >= 4 is 34.5 Å². The van der Waals surface area contributed by atoms with Crippen molar-refractivity contribution in [3.63, 3.8) is 0 Å². The zero-order valence-electron chi connectivity index (χ0n) is 16.6. The van der Waals surface area contributed by atoms with Crippen LogP contribution in [0.15, 0.2) is 66.3 Å². The van der Waals surface area contributed by atoms with Gasteiger partial charge in [0.25, 0.3) is 5.91 Å². The van der Waals surface area contributed by atoms with E-state index in [0.717, 1.165) is 16.9 Å². The third-order valence-corrected chi connectivity index (χ3v) is 6.00. The smallest absolute Gasteiger partial charge is 0.265 e. The van der Waals surface area contributed by atoms with Crippen LogP contribution >= 0.6 is 22.9 Å². The average molecular weight is 456 g/mol. The fourth-order valence-electron chi connectivity index (χ4n) is 2.95. The minimum absolute atomic E-state index is 0.232. The molecule has 5 nitrogen and oxygen atoms in total. The minimum atomic E-state index is -0.286. The fraction of sp³-hybridized carbons (Fsp3) is 0.130. The van der Waals surface area contributed by atoms with Crippen molar-refractivity contribution < 1.29 is 13.9 Å². The molecule has 2 aromatic carbocycles. The Labute approximate surface area is 188 Å². The summed E-state index contributed by atoms with van der Waals surface area (Å²) in [5.41, 5.74) is 2.92. The van der Waals surface area contributed by atoms with Crippen LogP contribution in [0.4, 0.5) is 10.1 Å². The number of carbonyl (C=O) groups is 1. The molecule has 0 atom stereocenters. The number of aryl methyl sites for hydroxylation is 1. The zero-order valence-corrected chi connectivity index (χ0v) is 18.2. The Kier molecular flexibility index (Phi) is 6.34. The Morgan fingerprint density at radius 1 is 1.26 bits per heavy atom. The van der Waals surface area contributed by atoms with Gasteiger partial charge in [0, 0.05) is 22.3 Å². The quantitative estimate of drug-likeness (QED) is 0.376. The van der Waals surface area contributed by atoms with E-state index >= 15 is 0 Å². The molecule has 0 bridgehead atoms. The van der Waals surface area contributed by atoms with Crippen molar-refractivity contribution in [2.45, 2.75) is 20.1 Å². The number of anilines is 1. The number of nitrogens with zero attached hydrogens (tertiary/aromatic N) is 2. The summed E-state index contributed by atoms with van der Waals surface area (Å²) in [6, 6.07) is 13.8. The van der Waals surface area contributed by atoms with Crippen molar-refractivity contribution in [1.82, 2.24) is 9.78 Å². The summed E-state index contributed by atoms with van der Waals surface area (Å²) >= 11 is 7.37. The predicted molar refractivity (Wildman–Crippen MR) is 121 cm³/mol. The number of benzene rings is 2. The van der Waals surface area contributed by atoms with Crippen molar-refractivity contribution in [1.29, 1.82) is 0 Å². The third kappa shape index (κ3) is 5.31. The van der Waals surface area contributed by atoms with Gasteiger partial charge in [-0.25, -0.2) is 4.39 Å². The van der Waals surface area contributed by atoms with Crippen molar-refractivity contribution in [2.24, 2.45) is 0 Å². The molecular weight excluding hydrogens is 437 g/mol. The van der Waals surface area contributed by atoms with E-state index < -0.39 is 0 Å². The molecule has 0 aliphatic carbocycles. The minimum Gasteiger partial charge on any atom is -0.489 e. The van der Waals surface area contributed by atoms with Crippen molar-refractivity contribution in [3.05, 3.63) is 98.7 Å². The van der Waals surface area contributed by atoms with Gasteiger partial charge in [0.05, 0.1) is 23.3 Å². The van der Waals surface area contributed by atoms with Crippen LogP contribution in [0.5, 0.6) is 5.75 Å². The average Bonchev–Trinajstić information content (AvgIpc) is 3.40. The third-order valence-electron chi connectivity index (χ3n) is 4.59. The molecule has 0 saturated heterocycles. The van der Waals surface area contributed by atoms with E-state index in [1.165, 1.54) is 17.4 Å². The molecule has 4 rings (SSSR count). The van der Waals surface area contributed by atoms with Crippen molar-refractivity contribution in [3.8, 4) is 5.75 Å². The standard InChI is InChI=1S/C23H19ClFN3O2S/c1-15-8-19(6-7-20(15)24)30-13-16-9-22(31-14-16)23(29)27-18-10-26-28(12-18)11-17-4-2-3-5-21(17)25/h2-10,12,14H,11,13H2,1H3,(H,27,29). The van der Waals surface area contributed by atoms with Gasteiger partial charge < -0.3 is 10.1 Å². The van der Waals surface area contributed by atoms with Crippen LogP contribution in [-0.2, 0) is 13.2 Å². The van der Waals surface area contributed by atoms with Crippen LogP contribution in [0.25, 0.3) is 0 Å². The summed E-state index contributed by atoms with van der Waals surface area (Å²) in [5.74, 6) is 0.205. The zero-order chi connectivity index (χ0) is 21.8. The maximum Gasteiger partial charge on any atom is 0.265 e. The maximum absolute atomic E-state index is 13.8. The van der Waals surface area contributed by atoms with Gasteiger partial charge in [0.2, 0.25) is 0 Å². The van der Waals surface area contributed by atoms with Gasteiger partial charge in [-0.2, -0.15) is 5.10 Å². The molecule has 0 radical (unpaired) electrons. The monoisotopic (exact) mass is 455 g/mol. The Morgan fingerprint density at radius 2 is 2.10 bits per heavy atom. The van der Waals surface area contributed by atoms with E-state index in [1.807, 2.05) is 24.4 Å². The lowest BCUT2D eigenvalue weighted by molar-refractivity contribution is 0.103. The van der Waals surface area contributed by atoms with E-state index in [9.17, 15) is 9.18 Å². The lowest BCUT2D eigenvalue weighted by atomic mass is 10.2. The molecule has 31 heavy (non-hydrogen) atoms. The molecule has 1 amide bonds. The van der Waals surface area contributed by atoms with Crippen LogP contribution in [0.3, 0.4) is 0 Å². The predicted octanol–water partition coefficient (Wildman–Crippen LogP) is 5.93. The number of amides is 1. The summed E-state index contributed by atoms with van der Waals surface area (Å²) < 4.78 is 21.2. The second-order valence-corrected chi connectivity index (χ2v) is 8.31. The van der Waals surface area contributed by atoms with Crippen LogP contribution in [0.1, 0.15) is 26.4 Å². The van der Waals surface area contributed by atoms with E-state index in [0.29, 0.717) is 27.8 Å². The molecule has 0 unspecified atom stereocenters. The Morgan fingerprint density at radius 3 is 2.90 bits per heavy atom. The molecule has 8 heteroatoms. The summed E-state index contributed by atoms with van der Waals surface area (Å²) in [5, 5.41) is 9.59. The molecule has 2 heterocycles. The van der Waals surface area contributed by atoms with Crippen LogP contribution in [-0.4, -0.2) is 15.7 Å². The lowest BCUT2D eigenvalue weighted by Gasteiger charge is -2.06. The van der Waals surface area contributed by atoms with E-state index in [2.05, 4.69) is 10.4 Å². The number of thiophene rings is 1. The summed E-state index contributed by atoms with van der Waals surface area (Å²) in [6.07, 6.45) is 3.21. The van der Waals surface area contributed by atoms with E-state index in [1.54, 1.807) is 47.4 Å². The number of aromatic nitrogens is 2. The summed E-state index contributed by atoms with van der Waals surface area (Å²) in [6.45, 7) is 2.55. The van der Waals surface area contributed by atoms with Crippen LogP contribution in [0, 0.1) is 12.7 Å². The van der Waals surface area contributed by atoms with Gasteiger partial charge >= 0.3 is 0 Å². The second kappa shape index (κ2) is 9.32. The van der Waals surface area contributed by atoms with Gasteiger partial charge in [-0.3, -0.25) is 9.48 Å². The maximum atomic E-state index is 13.8. The highest BCUT2D eigenvalue weighted by molar-refractivity contribution is 7.12. The summed E-state index contributed by atoms with van der Waals surface area (Å²) in [7, 11) is 0. The molecule has 1 N–H and O–H groups in total. The Hall–Kier alpha value is -3.16. The number of nitrogens with one attached hydrogen (secondary N) is 1. The SMILES string of the molecule is Cc1cc(OCc2csc(C(=O)Nc3cnn(Cc4ccccc4F)c3)c2)ccc1Cl. The fourth-order valence-corrected chi connectivity index (χ4v) is 3.86. The van der Waals surface area contributed by atoms with Crippen LogP contribution in [0.2, 0.25) is 5.02 Å². The molecule has 158 valence electrons. The number of halogens is 2. The molecule has 4 aromatic rings. The topological polar surface area (TPSA) is 56.1 Å². The van der Waals surface area contributed by atoms with Gasteiger partial charge in [-0.15, -0.1) is 11.3 Å². The molecule has 0 saturated carbocycles. The van der Waals surface area contributed by atoms with Gasteiger partial charge in [-0.05, 0) is 48.2 Å². The number of ether oxygens (including phenoxy) is 1.